The normalized spacial score (nSPS) is 21.4. The SMILES string of the molecule is CC1CCN(c2ccc(NC(=O)[C@H](C)Cl)cc2C(=O)NC[C@H]2CCCO2)CC1. The molecule has 3 rings (SSSR count). The van der Waals surface area contributed by atoms with E-state index in [0.29, 0.717) is 23.7 Å². The zero-order valence-corrected chi connectivity index (χ0v) is 17.4. The number of benzene rings is 1. The number of carbonyl (C=O) groups excluding carboxylic acids is 2. The van der Waals surface area contributed by atoms with E-state index in [2.05, 4.69) is 22.5 Å². The van der Waals surface area contributed by atoms with Crippen LogP contribution in [0.4, 0.5) is 11.4 Å². The molecule has 154 valence electrons. The fourth-order valence-corrected chi connectivity index (χ4v) is 3.72. The maximum Gasteiger partial charge on any atom is 0.253 e. The van der Waals surface area contributed by atoms with Crippen LogP contribution in [0.5, 0.6) is 0 Å². The van der Waals surface area contributed by atoms with E-state index in [0.717, 1.165) is 51.1 Å². The fraction of sp³-hybridized carbons (Fsp3) is 0.619. The summed E-state index contributed by atoms with van der Waals surface area (Å²) in [4.78, 5) is 27.2. The van der Waals surface area contributed by atoms with Gasteiger partial charge in [-0.25, -0.2) is 0 Å². The van der Waals surface area contributed by atoms with Gasteiger partial charge < -0.3 is 20.3 Å². The third-order valence-electron chi connectivity index (χ3n) is 5.51. The van der Waals surface area contributed by atoms with E-state index < -0.39 is 5.38 Å². The molecule has 1 aromatic carbocycles. The minimum Gasteiger partial charge on any atom is -0.376 e. The lowest BCUT2D eigenvalue weighted by Gasteiger charge is -2.33. The summed E-state index contributed by atoms with van der Waals surface area (Å²) in [6.45, 7) is 7.00. The summed E-state index contributed by atoms with van der Waals surface area (Å²) in [7, 11) is 0. The maximum absolute atomic E-state index is 13.0. The second-order valence-corrected chi connectivity index (χ2v) is 8.51. The molecule has 28 heavy (non-hydrogen) atoms. The van der Waals surface area contributed by atoms with Gasteiger partial charge in [-0.05, 0) is 56.7 Å². The average Bonchev–Trinajstić information content (AvgIpc) is 3.20. The Morgan fingerprint density at radius 2 is 2.04 bits per heavy atom. The van der Waals surface area contributed by atoms with Crippen LogP contribution in [0.25, 0.3) is 0 Å². The monoisotopic (exact) mass is 407 g/mol. The molecule has 2 heterocycles. The summed E-state index contributed by atoms with van der Waals surface area (Å²) in [6, 6.07) is 5.50. The number of hydrogen-bond donors (Lipinski definition) is 2. The quantitative estimate of drug-likeness (QED) is 0.709. The Hall–Kier alpha value is -1.79. The van der Waals surface area contributed by atoms with Crippen molar-refractivity contribution < 1.29 is 14.3 Å². The molecular formula is C21H30ClN3O3. The maximum atomic E-state index is 13.0. The Balaban J connectivity index is 1.78. The number of rotatable bonds is 6. The molecule has 0 bridgehead atoms. The summed E-state index contributed by atoms with van der Waals surface area (Å²) >= 11 is 5.86. The summed E-state index contributed by atoms with van der Waals surface area (Å²) in [5.74, 6) is 0.280. The first-order valence-electron chi connectivity index (χ1n) is 10.2. The van der Waals surface area contributed by atoms with Crippen LogP contribution < -0.4 is 15.5 Å². The van der Waals surface area contributed by atoms with Crippen LogP contribution in [0, 0.1) is 5.92 Å². The van der Waals surface area contributed by atoms with Crippen molar-refractivity contribution in [1.82, 2.24) is 5.32 Å². The summed E-state index contributed by atoms with van der Waals surface area (Å²) in [6.07, 6.45) is 4.32. The molecular weight excluding hydrogens is 378 g/mol. The predicted octanol–water partition coefficient (Wildman–Crippen LogP) is 3.40. The first-order chi connectivity index (χ1) is 13.4. The van der Waals surface area contributed by atoms with Crippen molar-refractivity contribution in [3.63, 3.8) is 0 Å². The highest BCUT2D eigenvalue weighted by Gasteiger charge is 2.23. The molecule has 0 saturated carbocycles. The molecule has 0 aliphatic carbocycles. The summed E-state index contributed by atoms with van der Waals surface area (Å²) < 4.78 is 5.60. The first-order valence-corrected chi connectivity index (χ1v) is 10.6. The van der Waals surface area contributed by atoms with Crippen LogP contribution in [-0.4, -0.2) is 49.5 Å². The van der Waals surface area contributed by atoms with Crippen molar-refractivity contribution in [1.29, 1.82) is 0 Å². The second kappa shape index (κ2) is 9.61. The number of hydrogen-bond acceptors (Lipinski definition) is 4. The van der Waals surface area contributed by atoms with E-state index in [-0.39, 0.29) is 17.9 Å². The second-order valence-electron chi connectivity index (χ2n) is 7.85. The third kappa shape index (κ3) is 5.39. The van der Waals surface area contributed by atoms with Crippen molar-refractivity contribution in [2.75, 3.05) is 36.5 Å². The van der Waals surface area contributed by atoms with E-state index in [1.807, 2.05) is 12.1 Å². The van der Waals surface area contributed by atoms with Crippen LogP contribution in [0.15, 0.2) is 18.2 Å². The van der Waals surface area contributed by atoms with Gasteiger partial charge in [-0.2, -0.15) is 0 Å². The number of halogens is 1. The Morgan fingerprint density at radius 1 is 1.29 bits per heavy atom. The first kappa shape index (κ1) is 20.9. The van der Waals surface area contributed by atoms with Crippen LogP contribution in [0.1, 0.15) is 49.9 Å². The van der Waals surface area contributed by atoms with Crippen LogP contribution in [0.2, 0.25) is 0 Å². The number of alkyl halides is 1. The number of amides is 2. The molecule has 0 unspecified atom stereocenters. The van der Waals surface area contributed by atoms with Crippen molar-refractivity contribution >= 4 is 34.8 Å². The van der Waals surface area contributed by atoms with Crippen molar-refractivity contribution in [3.8, 4) is 0 Å². The average molecular weight is 408 g/mol. The van der Waals surface area contributed by atoms with Gasteiger partial charge >= 0.3 is 0 Å². The molecule has 0 spiro atoms. The highest BCUT2D eigenvalue weighted by atomic mass is 35.5. The molecule has 0 radical (unpaired) electrons. The van der Waals surface area contributed by atoms with Crippen molar-refractivity contribution in [2.24, 2.45) is 5.92 Å². The predicted molar refractivity (Wildman–Crippen MR) is 112 cm³/mol. The lowest BCUT2D eigenvalue weighted by Crippen LogP contribution is -2.36. The highest BCUT2D eigenvalue weighted by Crippen LogP contribution is 2.29. The van der Waals surface area contributed by atoms with E-state index in [4.69, 9.17) is 16.3 Å². The molecule has 2 N–H and O–H groups in total. The molecule has 2 amide bonds. The molecule has 2 saturated heterocycles. The van der Waals surface area contributed by atoms with Crippen LogP contribution in [0.3, 0.4) is 0 Å². The highest BCUT2D eigenvalue weighted by molar-refractivity contribution is 6.32. The molecule has 1 aromatic rings. The minimum absolute atomic E-state index is 0.0863. The Labute approximate surface area is 171 Å². The van der Waals surface area contributed by atoms with Crippen molar-refractivity contribution in [3.05, 3.63) is 23.8 Å². The van der Waals surface area contributed by atoms with Crippen molar-refractivity contribution in [2.45, 2.75) is 51.0 Å². The number of anilines is 2. The van der Waals surface area contributed by atoms with E-state index in [9.17, 15) is 9.59 Å². The summed E-state index contributed by atoms with van der Waals surface area (Å²) in [5, 5.41) is 5.14. The summed E-state index contributed by atoms with van der Waals surface area (Å²) in [5.41, 5.74) is 2.06. The van der Waals surface area contributed by atoms with E-state index in [1.54, 1.807) is 13.0 Å². The Kier molecular flexibility index (Phi) is 7.18. The third-order valence-corrected chi connectivity index (χ3v) is 5.71. The zero-order valence-electron chi connectivity index (χ0n) is 16.7. The Morgan fingerprint density at radius 3 is 2.68 bits per heavy atom. The number of piperidine rings is 1. The zero-order chi connectivity index (χ0) is 20.1. The van der Waals surface area contributed by atoms with Gasteiger partial charge in [-0.1, -0.05) is 6.92 Å². The van der Waals surface area contributed by atoms with Crippen LogP contribution in [-0.2, 0) is 9.53 Å². The van der Waals surface area contributed by atoms with Gasteiger partial charge in [0.25, 0.3) is 5.91 Å². The largest absolute Gasteiger partial charge is 0.376 e. The standard InChI is InChI=1S/C21H30ClN3O3/c1-14-7-9-25(10-8-14)19-6-5-16(24-20(26)15(2)22)12-18(19)21(27)23-13-17-4-3-11-28-17/h5-6,12,14-15,17H,3-4,7-11,13H2,1-2H3,(H,23,27)(H,24,26)/t15-,17+/m0/s1. The number of nitrogens with zero attached hydrogens (tertiary/aromatic N) is 1. The number of nitrogens with one attached hydrogen (secondary N) is 2. The van der Waals surface area contributed by atoms with Gasteiger partial charge in [0.15, 0.2) is 0 Å². The molecule has 2 fully saturated rings. The molecule has 2 atom stereocenters. The lowest BCUT2D eigenvalue weighted by molar-refractivity contribution is -0.115. The van der Waals surface area contributed by atoms with E-state index >= 15 is 0 Å². The van der Waals surface area contributed by atoms with Gasteiger partial charge in [0.2, 0.25) is 5.91 Å². The number of ether oxygens (including phenoxy) is 1. The number of carbonyl (C=O) groups is 2. The molecule has 7 heteroatoms. The van der Waals surface area contributed by atoms with E-state index in [1.165, 1.54) is 0 Å². The molecule has 0 aromatic heterocycles. The van der Waals surface area contributed by atoms with Gasteiger partial charge in [0, 0.05) is 37.6 Å². The minimum atomic E-state index is -0.639. The molecule has 6 nitrogen and oxygen atoms in total. The van der Waals surface area contributed by atoms with Gasteiger partial charge in [0.05, 0.1) is 11.7 Å². The fourth-order valence-electron chi connectivity index (χ4n) is 3.67. The molecule has 2 aliphatic rings. The Bertz CT molecular complexity index is 696. The van der Waals surface area contributed by atoms with Gasteiger partial charge in [0.1, 0.15) is 5.38 Å². The van der Waals surface area contributed by atoms with Gasteiger partial charge in [-0.15, -0.1) is 11.6 Å². The lowest BCUT2D eigenvalue weighted by atomic mass is 9.97. The van der Waals surface area contributed by atoms with Crippen LogP contribution >= 0.6 is 11.6 Å². The molecule has 2 aliphatic heterocycles. The topological polar surface area (TPSA) is 70.7 Å². The smallest absolute Gasteiger partial charge is 0.253 e. The van der Waals surface area contributed by atoms with Gasteiger partial charge in [-0.3, -0.25) is 9.59 Å².